The van der Waals surface area contributed by atoms with Crippen LogP contribution in [0.4, 0.5) is 0 Å². The summed E-state index contributed by atoms with van der Waals surface area (Å²) in [6.07, 6.45) is 26.9. The van der Waals surface area contributed by atoms with E-state index in [0.717, 1.165) is 28.9 Å². The largest absolute Gasteiger partial charge is 0.493 e. The predicted molar refractivity (Wildman–Crippen MR) is 160 cm³/mol. The summed E-state index contributed by atoms with van der Waals surface area (Å²) < 4.78 is 1.40. The van der Waals surface area contributed by atoms with E-state index in [-0.39, 0.29) is 16.5 Å². The minimum atomic E-state index is 0. The van der Waals surface area contributed by atoms with Gasteiger partial charge in [-0.2, -0.15) is 0 Å². The maximum Gasteiger partial charge on any atom is 0.210 e. The molecule has 2 aromatic carbocycles. The first-order valence-electron chi connectivity index (χ1n) is 15.4. The molecule has 38 heavy (non-hydrogen) atoms. The van der Waals surface area contributed by atoms with Crippen LogP contribution >= 0.6 is 0 Å². The summed E-state index contributed by atoms with van der Waals surface area (Å²) in [5.74, 6) is 0. The number of unbranched alkanes of at least 4 members (excludes halogenated alkanes) is 16. The van der Waals surface area contributed by atoms with E-state index in [2.05, 4.69) is 37.3 Å². The number of allylic oxidation sites excluding steroid dienone is 2. The summed E-state index contributed by atoms with van der Waals surface area (Å²) in [7, 11) is 0. The standard InChI is InChI=1S/C35H50N2.Ni/c1-2-3-4-5-6-7-8-9-10-11-12-13-14-15-16-17-20-29-33-30-34(31-25-21-18-22-26-31)37(36)35(33)32-27-23-19-24-28-32;/h18-19,21-28,30H,2-17,20,29H2,1H3;. The molecule has 3 heteroatoms. The molecular weight excluding hydrogens is 507 g/mol. The summed E-state index contributed by atoms with van der Waals surface area (Å²) in [5, 5.41) is 0. The van der Waals surface area contributed by atoms with Crippen LogP contribution in [0.5, 0.6) is 0 Å². The van der Waals surface area contributed by atoms with E-state index in [1.54, 1.807) is 0 Å². The number of benzene rings is 2. The molecule has 1 aliphatic heterocycles. The Morgan fingerprint density at radius 3 is 1.37 bits per heavy atom. The molecule has 0 fully saturated rings. The Labute approximate surface area is 243 Å². The summed E-state index contributed by atoms with van der Waals surface area (Å²) in [6.45, 7) is 2.29. The zero-order chi connectivity index (χ0) is 26.0. The molecule has 2 nitrogen and oxygen atoms in total. The molecule has 0 saturated carbocycles. The maximum absolute atomic E-state index is 11.1. The Bertz CT molecular complexity index is 962. The second-order valence-corrected chi connectivity index (χ2v) is 10.9. The molecule has 210 valence electrons. The van der Waals surface area contributed by atoms with Crippen LogP contribution in [0.15, 0.2) is 72.3 Å². The van der Waals surface area contributed by atoms with E-state index < -0.39 is 0 Å². The quantitative estimate of drug-likeness (QED) is 0.0879. The van der Waals surface area contributed by atoms with Crippen LogP contribution in [-0.2, 0) is 16.5 Å². The average molecular weight is 557 g/mol. The summed E-state index contributed by atoms with van der Waals surface area (Å²) >= 11 is 0. The zero-order valence-electron chi connectivity index (χ0n) is 23.8. The summed E-state index contributed by atoms with van der Waals surface area (Å²) in [5.41, 5.74) is 16.3. The molecule has 0 aromatic heterocycles. The Morgan fingerprint density at radius 1 is 0.526 bits per heavy atom. The van der Waals surface area contributed by atoms with Gasteiger partial charge in [0.2, 0.25) is 11.4 Å². The minimum Gasteiger partial charge on any atom is -0.493 e. The van der Waals surface area contributed by atoms with Gasteiger partial charge in [0.15, 0.2) is 0 Å². The molecule has 0 N–H and O–H groups in total. The van der Waals surface area contributed by atoms with Gasteiger partial charge in [0.05, 0.1) is 0 Å². The molecule has 0 spiro atoms. The van der Waals surface area contributed by atoms with Crippen LogP contribution in [0, 0.1) is 0 Å². The van der Waals surface area contributed by atoms with Gasteiger partial charge in [0.25, 0.3) is 0 Å². The molecule has 0 bridgehead atoms. The normalized spacial score (nSPS) is 13.1. The third kappa shape index (κ3) is 11.4. The van der Waals surface area contributed by atoms with E-state index in [9.17, 15) is 5.53 Å². The first kappa shape index (κ1) is 32.2. The summed E-state index contributed by atoms with van der Waals surface area (Å²) in [6, 6.07) is 20.5. The number of hydrogen-bond acceptors (Lipinski definition) is 0. The van der Waals surface area contributed by atoms with Crippen molar-refractivity contribution in [1.29, 1.82) is 0 Å². The fourth-order valence-corrected chi connectivity index (χ4v) is 5.50. The van der Waals surface area contributed by atoms with E-state index in [1.807, 2.05) is 36.4 Å². The maximum atomic E-state index is 11.1. The van der Waals surface area contributed by atoms with Gasteiger partial charge in [-0.05, 0) is 37.1 Å². The van der Waals surface area contributed by atoms with Crippen LogP contribution in [-0.4, -0.2) is 4.70 Å². The van der Waals surface area contributed by atoms with E-state index >= 15 is 0 Å². The molecule has 0 radical (unpaired) electrons. The first-order chi connectivity index (χ1) is 18.3. The molecule has 0 saturated heterocycles. The van der Waals surface area contributed by atoms with Crippen LogP contribution in [0.3, 0.4) is 0 Å². The Kier molecular flexibility index (Phi) is 17.0. The fraction of sp³-hybridized carbons (Fsp3) is 0.543. The van der Waals surface area contributed by atoms with Gasteiger partial charge in [0, 0.05) is 39.3 Å². The van der Waals surface area contributed by atoms with Crippen molar-refractivity contribution < 1.29 is 21.2 Å². The van der Waals surface area contributed by atoms with Gasteiger partial charge in [-0.25, -0.2) is 4.70 Å². The summed E-state index contributed by atoms with van der Waals surface area (Å²) in [4.78, 5) is 0. The Balaban J connectivity index is 0.00000507. The molecule has 0 amide bonds. The Hall–Kier alpha value is -1.99. The van der Waals surface area contributed by atoms with Gasteiger partial charge < -0.3 is 5.53 Å². The minimum absolute atomic E-state index is 0. The molecule has 0 aliphatic carbocycles. The van der Waals surface area contributed by atoms with Gasteiger partial charge in [-0.3, -0.25) is 0 Å². The average Bonchev–Trinajstić information content (AvgIpc) is 3.27. The molecule has 0 atom stereocenters. The monoisotopic (exact) mass is 556 g/mol. The van der Waals surface area contributed by atoms with Crippen LogP contribution in [0.25, 0.3) is 16.9 Å². The van der Waals surface area contributed by atoms with Gasteiger partial charge in [0.1, 0.15) is 0 Å². The van der Waals surface area contributed by atoms with Crippen molar-refractivity contribution in [1.82, 2.24) is 0 Å². The second kappa shape index (κ2) is 20.0. The number of hydrogen-bond donors (Lipinski definition) is 0. The number of nitrogens with zero attached hydrogens (tertiary/aromatic N) is 2. The van der Waals surface area contributed by atoms with Crippen molar-refractivity contribution in [3.05, 3.63) is 89.0 Å². The van der Waals surface area contributed by atoms with Crippen molar-refractivity contribution in [2.45, 2.75) is 122 Å². The molecule has 3 rings (SSSR count). The first-order valence-corrected chi connectivity index (χ1v) is 15.4. The number of rotatable bonds is 20. The van der Waals surface area contributed by atoms with Crippen LogP contribution in [0.2, 0.25) is 0 Å². The van der Waals surface area contributed by atoms with Crippen molar-refractivity contribution in [2.24, 2.45) is 0 Å². The third-order valence-electron chi connectivity index (χ3n) is 7.72. The van der Waals surface area contributed by atoms with Gasteiger partial charge >= 0.3 is 0 Å². The van der Waals surface area contributed by atoms with Crippen molar-refractivity contribution in [2.75, 3.05) is 0 Å². The SMILES string of the molecule is CCCCCCCCCCCCCCCCCCCC1=C(c2ccccc2)[N+](=[N-])C(c2ccccc2)=C1.[Ni]. The van der Waals surface area contributed by atoms with E-state index in [1.165, 1.54) is 119 Å². The fourth-order valence-electron chi connectivity index (χ4n) is 5.50. The molecule has 0 unspecified atom stereocenters. The topological polar surface area (TPSA) is 25.3 Å². The molecule has 1 heterocycles. The second-order valence-electron chi connectivity index (χ2n) is 10.9. The zero-order valence-corrected chi connectivity index (χ0v) is 24.8. The van der Waals surface area contributed by atoms with Crippen LogP contribution in [0.1, 0.15) is 134 Å². The third-order valence-corrected chi connectivity index (χ3v) is 7.72. The van der Waals surface area contributed by atoms with Crippen molar-refractivity contribution in [3.8, 4) is 0 Å². The Morgan fingerprint density at radius 2 is 0.921 bits per heavy atom. The molecule has 1 aliphatic rings. The van der Waals surface area contributed by atoms with Crippen molar-refractivity contribution >= 4 is 11.4 Å². The van der Waals surface area contributed by atoms with Crippen molar-refractivity contribution in [3.63, 3.8) is 0 Å². The van der Waals surface area contributed by atoms with Gasteiger partial charge in [-0.1, -0.05) is 146 Å². The molecule has 2 aromatic rings. The smallest absolute Gasteiger partial charge is 0.210 e. The van der Waals surface area contributed by atoms with E-state index in [4.69, 9.17) is 0 Å². The van der Waals surface area contributed by atoms with Gasteiger partial charge in [-0.15, -0.1) is 0 Å². The van der Waals surface area contributed by atoms with Crippen LogP contribution < -0.4 is 0 Å². The van der Waals surface area contributed by atoms with E-state index in [0.29, 0.717) is 0 Å². The molecular formula is C35H50N2Ni. The predicted octanol–water partition coefficient (Wildman–Crippen LogP) is 11.5.